The van der Waals surface area contributed by atoms with E-state index in [9.17, 15) is 14.9 Å². The van der Waals surface area contributed by atoms with E-state index in [2.05, 4.69) is 10.2 Å². The zero-order valence-electron chi connectivity index (χ0n) is 16.2. The molecule has 1 aromatic heterocycles. The lowest BCUT2D eigenvalue weighted by Gasteiger charge is -2.21. The second-order valence-electron chi connectivity index (χ2n) is 7.11. The molecule has 0 atom stereocenters. The molecule has 8 heteroatoms. The van der Waals surface area contributed by atoms with Crippen molar-refractivity contribution < 1.29 is 19.2 Å². The van der Waals surface area contributed by atoms with Gasteiger partial charge in [-0.1, -0.05) is 0 Å². The van der Waals surface area contributed by atoms with Gasteiger partial charge in [0.2, 0.25) is 0 Å². The summed E-state index contributed by atoms with van der Waals surface area (Å²) in [6, 6.07) is 15.0. The first kappa shape index (κ1) is 19.7. The van der Waals surface area contributed by atoms with Gasteiger partial charge in [0.05, 0.1) is 16.2 Å². The third-order valence-electron chi connectivity index (χ3n) is 5.13. The molecule has 3 aromatic rings. The summed E-state index contributed by atoms with van der Waals surface area (Å²) >= 11 is 0. The van der Waals surface area contributed by atoms with Gasteiger partial charge in [-0.15, -0.1) is 0 Å². The molecule has 0 radical (unpaired) electrons. The molecule has 1 aliphatic rings. The number of aliphatic hydroxyl groups excluding tert-OH is 1. The number of non-ortho nitro benzene ring substituents is 1. The number of nitrogens with one attached hydrogen (secondary N) is 1. The van der Waals surface area contributed by atoms with Crippen molar-refractivity contribution in [1.29, 1.82) is 0 Å². The lowest BCUT2D eigenvalue weighted by molar-refractivity contribution is -0.384. The summed E-state index contributed by atoms with van der Waals surface area (Å²) in [5.74, 6) is 0.698. The van der Waals surface area contributed by atoms with Gasteiger partial charge in [0.25, 0.3) is 11.6 Å². The number of aliphatic hydroxyl groups is 1. The Bertz CT molecular complexity index is 1070. The van der Waals surface area contributed by atoms with Crippen molar-refractivity contribution in [1.82, 2.24) is 0 Å². The number of nitrogens with zero attached hydrogens (tertiary/aromatic N) is 2. The number of carbonyl (C=O) groups is 1. The fourth-order valence-electron chi connectivity index (χ4n) is 3.59. The number of rotatable bonds is 6. The molecule has 1 aliphatic heterocycles. The fraction of sp³-hybridized carbons (Fsp3) is 0.227. The first-order valence-electron chi connectivity index (χ1n) is 9.70. The van der Waals surface area contributed by atoms with Gasteiger partial charge in [-0.2, -0.15) is 0 Å². The quantitative estimate of drug-likeness (QED) is 0.468. The van der Waals surface area contributed by atoms with Gasteiger partial charge in [0.1, 0.15) is 18.1 Å². The van der Waals surface area contributed by atoms with E-state index < -0.39 is 10.8 Å². The molecular formula is C22H21N3O5. The standard InChI is InChI=1S/C22H21N3O5/c26-14-18-8-10-21(30-18)15-3-5-16(6-4-15)23-22(27)19-13-17(25(28)29)7-9-20(19)24-11-1-2-12-24/h3-10,13,26H,1-2,11-12,14H2,(H,23,27). The number of anilines is 2. The molecule has 0 saturated carbocycles. The SMILES string of the molecule is O=C(Nc1ccc(-c2ccc(CO)o2)cc1)c1cc([N+](=O)[O-])ccc1N1CCCC1. The summed E-state index contributed by atoms with van der Waals surface area (Å²) in [6.07, 6.45) is 2.06. The molecule has 1 amide bonds. The minimum absolute atomic E-state index is 0.115. The first-order valence-corrected chi connectivity index (χ1v) is 9.70. The van der Waals surface area contributed by atoms with Crippen LogP contribution in [0.15, 0.2) is 59.0 Å². The second-order valence-corrected chi connectivity index (χ2v) is 7.11. The van der Waals surface area contributed by atoms with E-state index in [-0.39, 0.29) is 17.9 Å². The Balaban J connectivity index is 1.57. The van der Waals surface area contributed by atoms with E-state index in [1.807, 2.05) is 0 Å². The van der Waals surface area contributed by atoms with Crippen LogP contribution < -0.4 is 10.2 Å². The van der Waals surface area contributed by atoms with E-state index in [0.29, 0.717) is 22.9 Å². The van der Waals surface area contributed by atoms with Crippen molar-refractivity contribution in [2.24, 2.45) is 0 Å². The Labute approximate surface area is 172 Å². The summed E-state index contributed by atoms with van der Waals surface area (Å²) in [6.45, 7) is 1.48. The summed E-state index contributed by atoms with van der Waals surface area (Å²) < 4.78 is 5.51. The average Bonchev–Trinajstić information content (AvgIpc) is 3.46. The molecule has 2 N–H and O–H groups in total. The van der Waals surface area contributed by atoms with Crippen LogP contribution in [-0.2, 0) is 6.61 Å². The van der Waals surface area contributed by atoms with Crippen LogP contribution in [0.4, 0.5) is 17.1 Å². The Kier molecular flexibility index (Phi) is 5.49. The Morgan fingerprint density at radius 2 is 1.83 bits per heavy atom. The van der Waals surface area contributed by atoms with Crippen LogP contribution in [0.2, 0.25) is 0 Å². The Morgan fingerprint density at radius 1 is 1.10 bits per heavy atom. The van der Waals surface area contributed by atoms with Crippen molar-refractivity contribution in [3.63, 3.8) is 0 Å². The Hall–Kier alpha value is -3.65. The number of nitro benzene ring substituents is 1. The van der Waals surface area contributed by atoms with Crippen LogP contribution in [0.3, 0.4) is 0 Å². The van der Waals surface area contributed by atoms with Crippen LogP contribution in [0.1, 0.15) is 29.0 Å². The zero-order chi connectivity index (χ0) is 21.1. The van der Waals surface area contributed by atoms with Crippen LogP contribution in [0.25, 0.3) is 11.3 Å². The largest absolute Gasteiger partial charge is 0.459 e. The zero-order valence-corrected chi connectivity index (χ0v) is 16.2. The summed E-state index contributed by atoms with van der Waals surface area (Å²) in [4.78, 5) is 25.7. The predicted octanol–water partition coefficient (Wildman–Crippen LogP) is 4.20. The summed E-state index contributed by atoms with van der Waals surface area (Å²) in [7, 11) is 0. The van der Waals surface area contributed by atoms with Crippen LogP contribution in [0, 0.1) is 10.1 Å². The van der Waals surface area contributed by atoms with Crippen LogP contribution in [-0.4, -0.2) is 29.0 Å². The van der Waals surface area contributed by atoms with Crippen molar-refractivity contribution in [3.8, 4) is 11.3 Å². The molecule has 30 heavy (non-hydrogen) atoms. The summed E-state index contributed by atoms with van der Waals surface area (Å²) in [5, 5.41) is 23.1. The third kappa shape index (κ3) is 4.04. The van der Waals surface area contributed by atoms with Crippen LogP contribution in [0.5, 0.6) is 0 Å². The number of hydrogen-bond acceptors (Lipinski definition) is 6. The monoisotopic (exact) mass is 407 g/mol. The molecule has 1 fully saturated rings. The topological polar surface area (TPSA) is 109 Å². The molecule has 8 nitrogen and oxygen atoms in total. The number of benzene rings is 2. The van der Waals surface area contributed by atoms with Crippen molar-refractivity contribution >= 4 is 23.0 Å². The van der Waals surface area contributed by atoms with E-state index in [4.69, 9.17) is 9.52 Å². The molecule has 4 rings (SSSR count). The van der Waals surface area contributed by atoms with Gasteiger partial charge >= 0.3 is 0 Å². The minimum Gasteiger partial charge on any atom is -0.459 e. The highest BCUT2D eigenvalue weighted by molar-refractivity contribution is 6.08. The highest BCUT2D eigenvalue weighted by Gasteiger charge is 2.22. The molecule has 2 heterocycles. The molecule has 0 bridgehead atoms. The van der Waals surface area contributed by atoms with E-state index >= 15 is 0 Å². The van der Waals surface area contributed by atoms with Crippen molar-refractivity contribution in [2.45, 2.75) is 19.4 Å². The molecule has 0 spiro atoms. The maximum Gasteiger partial charge on any atom is 0.270 e. The number of carbonyl (C=O) groups excluding carboxylic acids is 1. The maximum atomic E-state index is 13.0. The maximum absolute atomic E-state index is 13.0. The number of hydrogen-bond donors (Lipinski definition) is 2. The molecule has 2 aromatic carbocycles. The van der Waals surface area contributed by atoms with E-state index in [1.165, 1.54) is 12.1 Å². The fourth-order valence-corrected chi connectivity index (χ4v) is 3.59. The highest BCUT2D eigenvalue weighted by Crippen LogP contribution is 2.30. The predicted molar refractivity (Wildman–Crippen MR) is 113 cm³/mol. The number of amides is 1. The van der Waals surface area contributed by atoms with E-state index in [0.717, 1.165) is 31.5 Å². The smallest absolute Gasteiger partial charge is 0.270 e. The lowest BCUT2D eigenvalue weighted by Crippen LogP contribution is -2.23. The molecular weight excluding hydrogens is 386 g/mol. The van der Waals surface area contributed by atoms with Gasteiger partial charge in [-0.05, 0) is 55.3 Å². The molecule has 1 saturated heterocycles. The molecule has 154 valence electrons. The van der Waals surface area contributed by atoms with Gasteiger partial charge in [0, 0.05) is 36.5 Å². The van der Waals surface area contributed by atoms with Gasteiger partial charge in [0.15, 0.2) is 0 Å². The van der Waals surface area contributed by atoms with Crippen molar-refractivity contribution in [3.05, 3.63) is 76.0 Å². The van der Waals surface area contributed by atoms with E-state index in [1.54, 1.807) is 42.5 Å². The van der Waals surface area contributed by atoms with Gasteiger partial charge in [-0.25, -0.2) is 0 Å². The van der Waals surface area contributed by atoms with Crippen molar-refractivity contribution in [2.75, 3.05) is 23.3 Å². The highest BCUT2D eigenvalue weighted by atomic mass is 16.6. The molecule has 0 unspecified atom stereocenters. The van der Waals surface area contributed by atoms with Gasteiger partial charge < -0.3 is 19.7 Å². The average molecular weight is 407 g/mol. The number of nitro groups is 1. The third-order valence-corrected chi connectivity index (χ3v) is 5.13. The second kappa shape index (κ2) is 8.38. The lowest BCUT2D eigenvalue weighted by atomic mass is 10.1. The van der Waals surface area contributed by atoms with Crippen LogP contribution >= 0.6 is 0 Å². The van der Waals surface area contributed by atoms with Gasteiger partial charge in [-0.3, -0.25) is 14.9 Å². The minimum atomic E-state index is -0.497. The normalized spacial score (nSPS) is 13.4. The Morgan fingerprint density at radius 3 is 2.47 bits per heavy atom. The molecule has 0 aliphatic carbocycles. The first-order chi connectivity index (χ1) is 14.5. The number of furan rings is 1. The summed E-state index contributed by atoms with van der Waals surface area (Å²) in [5.41, 5.74) is 2.25.